The van der Waals surface area contributed by atoms with Gasteiger partial charge in [0, 0.05) is 23.1 Å². The number of nitrogens with zero attached hydrogens (tertiary/aromatic N) is 2. The SMILES string of the molecule is C[C@]12CC[C@H]3[C@@H](CC=C4C[C@@H](O)CC[C@@]43C)[C@@H]1CC[C@@H]2C1=NN(c2ccc(Cl)cc2)C(c2ccco2)C1. The molecule has 2 heterocycles. The summed E-state index contributed by atoms with van der Waals surface area (Å²) < 4.78 is 5.91. The van der Waals surface area contributed by atoms with Gasteiger partial charge in [-0.05, 0) is 116 Å². The molecule has 5 heteroatoms. The molecule has 0 bridgehead atoms. The molecule has 0 amide bonds. The highest BCUT2D eigenvalue weighted by molar-refractivity contribution is 6.30. The van der Waals surface area contributed by atoms with Crippen LogP contribution < -0.4 is 5.01 Å². The fraction of sp³-hybridized carbons (Fsp3) is 0.594. The van der Waals surface area contributed by atoms with E-state index in [1.165, 1.54) is 37.8 Å². The molecule has 196 valence electrons. The van der Waals surface area contributed by atoms with Crippen LogP contribution in [-0.4, -0.2) is 16.9 Å². The number of allylic oxidation sites excluding steroid dienone is 1. The van der Waals surface area contributed by atoms with Gasteiger partial charge in [0.05, 0.1) is 18.1 Å². The minimum absolute atomic E-state index is 0.0953. The molecular weight excluding hydrogens is 480 g/mol. The summed E-state index contributed by atoms with van der Waals surface area (Å²) in [6, 6.07) is 12.2. The smallest absolute Gasteiger partial charge is 0.128 e. The first-order chi connectivity index (χ1) is 17.9. The third-order valence-corrected chi connectivity index (χ3v) is 11.6. The van der Waals surface area contributed by atoms with E-state index in [1.807, 2.05) is 18.2 Å². The molecule has 1 unspecified atom stereocenters. The number of hydrogen-bond acceptors (Lipinski definition) is 4. The second kappa shape index (κ2) is 8.74. The molecule has 3 fully saturated rings. The van der Waals surface area contributed by atoms with Crippen LogP contribution in [0.2, 0.25) is 5.02 Å². The lowest BCUT2D eigenvalue weighted by Crippen LogP contribution is -2.51. The van der Waals surface area contributed by atoms with Gasteiger partial charge in [0.2, 0.25) is 0 Å². The van der Waals surface area contributed by atoms with Gasteiger partial charge in [0.15, 0.2) is 0 Å². The van der Waals surface area contributed by atoms with Crippen molar-refractivity contribution < 1.29 is 9.52 Å². The Balaban J connectivity index is 1.19. The van der Waals surface area contributed by atoms with Crippen molar-refractivity contribution in [2.45, 2.75) is 83.8 Å². The number of halogens is 1. The molecule has 8 atom stereocenters. The van der Waals surface area contributed by atoms with Crippen molar-refractivity contribution >= 4 is 23.0 Å². The van der Waals surface area contributed by atoms with E-state index in [0.717, 1.165) is 59.9 Å². The van der Waals surface area contributed by atoms with Gasteiger partial charge in [-0.25, -0.2) is 0 Å². The van der Waals surface area contributed by atoms with Gasteiger partial charge in [-0.2, -0.15) is 5.10 Å². The predicted molar refractivity (Wildman–Crippen MR) is 149 cm³/mol. The normalized spacial score (nSPS) is 41.0. The summed E-state index contributed by atoms with van der Waals surface area (Å²) in [6.45, 7) is 5.11. The highest BCUT2D eigenvalue weighted by Crippen LogP contribution is 2.67. The molecule has 0 radical (unpaired) electrons. The highest BCUT2D eigenvalue weighted by atomic mass is 35.5. The number of aliphatic hydroxyl groups excluding tert-OH is 1. The largest absolute Gasteiger partial charge is 0.467 e. The van der Waals surface area contributed by atoms with E-state index in [-0.39, 0.29) is 12.1 Å². The zero-order valence-corrected chi connectivity index (χ0v) is 22.8. The van der Waals surface area contributed by atoms with Crippen LogP contribution in [0.3, 0.4) is 0 Å². The van der Waals surface area contributed by atoms with Crippen LogP contribution in [0, 0.1) is 34.5 Å². The molecular formula is C32H39ClN2O2. The topological polar surface area (TPSA) is 49.0 Å². The Morgan fingerprint density at radius 2 is 1.84 bits per heavy atom. The molecule has 37 heavy (non-hydrogen) atoms. The standard InChI is InChI=1S/C32H39ClN2O2/c1-31-15-13-23(36)18-20(31)5-10-24-25-11-12-27(32(25,2)16-14-26(24)31)28-19-29(30-4-3-17-37-30)35(34-28)22-8-6-21(33)7-9-22/h3-9,17,23-27,29,36H,10-16,18-19H2,1-2H3/t23-,24-,25-,26-,27+,29?,31-,32-/m0/s1. The maximum absolute atomic E-state index is 10.3. The van der Waals surface area contributed by atoms with Gasteiger partial charge in [0.25, 0.3) is 0 Å². The molecule has 5 aliphatic rings. The van der Waals surface area contributed by atoms with Crippen LogP contribution in [0.1, 0.15) is 83.4 Å². The Bertz CT molecular complexity index is 1220. The summed E-state index contributed by atoms with van der Waals surface area (Å²) in [5, 5.41) is 18.6. The molecule has 7 rings (SSSR count). The lowest BCUT2D eigenvalue weighted by molar-refractivity contribution is -0.0424. The van der Waals surface area contributed by atoms with Gasteiger partial charge in [-0.3, -0.25) is 5.01 Å². The van der Waals surface area contributed by atoms with Crippen molar-refractivity contribution in [2.75, 3.05) is 5.01 Å². The van der Waals surface area contributed by atoms with Crippen LogP contribution in [0.4, 0.5) is 5.69 Å². The number of aliphatic hydroxyl groups is 1. The van der Waals surface area contributed by atoms with Gasteiger partial charge < -0.3 is 9.52 Å². The summed E-state index contributed by atoms with van der Waals surface area (Å²) in [5.41, 5.74) is 4.59. The Morgan fingerprint density at radius 1 is 1.00 bits per heavy atom. The molecule has 1 aliphatic heterocycles. The predicted octanol–water partition coefficient (Wildman–Crippen LogP) is 8.18. The maximum Gasteiger partial charge on any atom is 0.128 e. The molecule has 4 aliphatic carbocycles. The van der Waals surface area contributed by atoms with Gasteiger partial charge >= 0.3 is 0 Å². The fourth-order valence-electron chi connectivity index (χ4n) is 9.47. The molecule has 1 N–H and O–H groups in total. The van der Waals surface area contributed by atoms with Crippen molar-refractivity contribution in [3.63, 3.8) is 0 Å². The van der Waals surface area contributed by atoms with Crippen molar-refractivity contribution in [1.29, 1.82) is 0 Å². The second-order valence-electron chi connectivity index (χ2n) is 13.0. The molecule has 4 nitrogen and oxygen atoms in total. The number of hydrazone groups is 1. The number of benzene rings is 1. The van der Waals surface area contributed by atoms with E-state index in [4.69, 9.17) is 21.1 Å². The number of hydrogen-bond donors (Lipinski definition) is 1. The summed E-state index contributed by atoms with van der Waals surface area (Å²) in [5.74, 6) is 3.80. The van der Waals surface area contributed by atoms with Crippen LogP contribution in [0.15, 0.2) is 63.8 Å². The average Bonchev–Trinajstić information content (AvgIpc) is 3.63. The second-order valence-corrected chi connectivity index (χ2v) is 13.4. The van der Waals surface area contributed by atoms with Gasteiger partial charge in [-0.1, -0.05) is 37.1 Å². The van der Waals surface area contributed by atoms with Gasteiger partial charge in [-0.15, -0.1) is 0 Å². The van der Waals surface area contributed by atoms with E-state index in [0.29, 0.717) is 16.7 Å². The number of furan rings is 1. The van der Waals surface area contributed by atoms with E-state index in [9.17, 15) is 5.11 Å². The van der Waals surface area contributed by atoms with Crippen molar-refractivity contribution in [3.05, 3.63) is 65.1 Å². The molecule has 0 saturated heterocycles. The molecule has 1 aromatic heterocycles. The first-order valence-electron chi connectivity index (χ1n) is 14.4. The molecule has 3 saturated carbocycles. The lowest BCUT2D eigenvalue weighted by Gasteiger charge is -2.58. The van der Waals surface area contributed by atoms with E-state index in [2.05, 4.69) is 43.1 Å². The quantitative estimate of drug-likeness (QED) is 0.417. The first-order valence-corrected chi connectivity index (χ1v) is 14.8. The molecule has 2 aromatic rings. The van der Waals surface area contributed by atoms with Crippen LogP contribution in [-0.2, 0) is 0 Å². The summed E-state index contributed by atoms with van der Waals surface area (Å²) in [6.07, 6.45) is 14.5. The summed E-state index contributed by atoms with van der Waals surface area (Å²) >= 11 is 6.21. The Labute approximate surface area is 225 Å². The zero-order chi connectivity index (χ0) is 25.4. The fourth-order valence-corrected chi connectivity index (χ4v) is 9.59. The third kappa shape index (κ3) is 3.69. The Hall–Kier alpha value is -2.04. The van der Waals surface area contributed by atoms with E-state index >= 15 is 0 Å². The molecule has 1 aromatic carbocycles. The maximum atomic E-state index is 10.3. The van der Waals surface area contributed by atoms with Gasteiger partial charge in [0.1, 0.15) is 11.8 Å². The highest BCUT2D eigenvalue weighted by Gasteiger charge is 2.60. The number of rotatable bonds is 3. The third-order valence-electron chi connectivity index (χ3n) is 11.4. The Morgan fingerprint density at radius 3 is 2.62 bits per heavy atom. The van der Waals surface area contributed by atoms with Crippen LogP contribution >= 0.6 is 11.6 Å². The summed E-state index contributed by atoms with van der Waals surface area (Å²) in [4.78, 5) is 0. The van der Waals surface area contributed by atoms with E-state index in [1.54, 1.807) is 11.8 Å². The molecule has 0 spiro atoms. The first kappa shape index (κ1) is 24.0. The zero-order valence-electron chi connectivity index (χ0n) is 22.1. The van der Waals surface area contributed by atoms with Crippen LogP contribution in [0.5, 0.6) is 0 Å². The van der Waals surface area contributed by atoms with Crippen LogP contribution in [0.25, 0.3) is 0 Å². The number of anilines is 1. The number of fused-ring (bicyclic) bond motifs is 5. The monoisotopic (exact) mass is 518 g/mol. The summed E-state index contributed by atoms with van der Waals surface area (Å²) in [7, 11) is 0. The Kier molecular flexibility index (Phi) is 5.68. The lowest BCUT2D eigenvalue weighted by atomic mass is 9.47. The minimum atomic E-state index is -0.133. The van der Waals surface area contributed by atoms with Crippen molar-refractivity contribution in [3.8, 4) is 0 Å². The van der Waals surface area contributed by atoms with Crippen molar-refractivity contribution in [2.24, 2.45) is 39.6 Å². The average molecular weight is 519 g/mol. The minimum Gasteiger partial charge on any atom is -0.467 e. The van der Waals surface area contributed by atoms with E-state index < -0.39 is 0 Å². The van der Waals surface area contributed by atoms with Crippen molar-refractivity contribution in [1.82, 2.24) is 0 Å².